The Kier molecular flexibility index (Phi) is 7.22. The molecule has 6 heteroatoms. The van der Waals surface area contributed by atoms with E-state index in [4.69, 9.17) is 0 Å². The van der Waals surface area contributed by atoms with Gasteiger partial charge in [-0.1, -0.05) is 31.5 Å². The number of rotatable bonds is 7. The highest BCUT2D eigenvalue weighted by Crippen LogP contribution is 2.20. The maximum atomic E-state index is 12.5. The van der Waals surface area contributed by atoms with Crippen molar-refractivity contribution in [3.05, 3.63) is 54.4 Å². The van der Waals surface area contributed by atoms with E-state index in [1.54, 1.807) is 23.0 Å². The van der Waals surface area contributed by atoms with Gasteiger partial charge in [0.15, 0.2) is 0 Å². The summed E-state index contributed by atoms with van der Waals surface area (Å²) in [7, 11) is 1.88. The van der Waals surface area contributed by atoms with E-state index in [1.807, 2.05) is 53.4 Å². The summed E-state index contributed by atoms with van der Waals surface area (Å²) in [4.78, 5) is 28.7. The van der Waals surface area contributed by atoms with Gasteiger partial charge in [-0.2, -0.15) is 5.10 Å². The van der Waals surface area contributed by atoms with E-state index >= 15 is 0 Å². The van der Waals surface area contributed by atoms with Gasteiger partial charge in [-0.15, -0.1) is 0 Å². The Hall–Kier alpha value is -2.89. The monoisotopic (exact) mass is 394 g/mol. The van der Waals surface area contributed by atoms with Crippen molar-refractivity contribution in [3.8, 4) is 5.69 Å². The molecule has 2 heterocycles. The third-order valence-electron chi connectivity index (χ3n) is 5.42. The van der Waals surface area contributed by atoms with Crippen molar-refractivity contribution < 1.29 is 9.59 Å². The average Bonchev–Trinajstić information content (AvgIpc) is 3.25. The molecule has 29 heavy (non-hydrogen) atoms. The van der Waals surface area contributed by atoms with Crippen LogP contribution in [0.25, 0.3) is 11.8 Å². The van der Waals surface area contributed by atoms with Crippen LogP contribution in [0.4, 0.5) is 0 Å². The summed E-state index contributed by atoms with van der Waals surface area (Å²) in [6.45, 7) is 4.20. The first-order valence-electron chi connectivity index (χ1n) is 10.4. The molecule has 0 spiro atoms. The maximum Gasteiger partial charge on any atom is 0.246 e. The molecule has 0 saturated carbocycles. The summed E-state index contributed by atoms with van der Waals surface area (Å²) in [5.41, 5.74) is 1.86. The van der Waals surface area contributed by atoms with Crippen LogP contribution in [0.15, 0.2) is 48.8 Å². The zero-order valence-electron chi connectivity index (χ0n) is 17.3. The van der Waals surface area contributed by atoms with Crippen LogP contribution in [0.2, 0.25) is 0 Å². The number of piperidine rings is 1. The van der Waals surface area contributed by atoms with Crippen molar-refractivity contribution in [3.63, 3.8) is 0 Å². The molecule has 0 radical (unpaired) electrons. The number of unbranched alkanes of at least 4 members (excludes halogenated alkanes) is 1. The highest BCUT2D eigenvalue weighted by Gasteiger charge is 2.28. The largest absolute Gasteiger partial charge is 0.346 e. The van der Waals surface area contributed by atoms with Gasteiger partial charge < -0.3 is 9.80 Å². The number of carbonyl (C=O) groups is 2. The fourth-order valence-corrected chi connectivity index (χ4v) is 3.58. The van der Waals surface area contributed by atoms with Crippen molar-refractivity contribution in [2.75, 3.05) is 26.7 Å². The highest BCUT2D eigenvalue weighted by molar-refractivity contribution is 5.92. The van der Waals surface area contributed by atoms with Crippen LogP contribution in [-0.2, 0) is 9.59 Å². The first-order chi connectivity index (χ1) is 14.1. The van der Waals surface area contributed by atoms with E-state index < -0.39 is 0 Å². The van der Waals surface area contributed by atoms with E-state index in [0.29, 0.717) is 13.1 Å². The van der Waals surface area contributed by atoms with Gasteiger partial charge in [0, 0.05) is 50.4 Å². The molecule has 1 aliphatic rings. The number of hydrogen-bond donors (Lipinski definition) is 0. The minimum Gasteiger partial charge on any atom is -0.346 e. The molecular weight excluding hydrogens is 364 g/mol. The van der Waals surface area contributed by atoms with Gasteiger partial charge in [0.2, 0.25) is 11.8 Å². The van der Waals surface area contributed by atoms with Gasteiger partial charge in [0.1, 0.15) is 0 Å². The van der Waals surface area contributed by atoms with E-state index in [-0.39, 0.29) is 17.7 Å². The van der Waals surface area contributed by atoms with Crippen LogP contribution in [0.5, 0.6) is 0 Å². The summed E-state index contributed by atoms with van der Waals surface area (Å²) in [5.74, 6) is 0.242. The van der Waals surface area contributed by atoms with Crippen LogP contribution < -0.4 is 0 Å². The van der Waals surface area contributed by atoms with Crippen molar-refractivity contribution in [1.29, 1.82) is 0 Å². The molecule has 154 valence electrons. The Balaban J connectivity index is 1.50. The van der Waals surface area contributed by atoms with E-state index in [0.717, 1.165) is 43.5 Å². The molecule has 6 nitrogen and oxygen atoms in total. The molecule has 0 N–H and O–H groups in total. The highest BCUT2D eigenvalue weighted by atomic mass is 16.2. The first kappa shape index (κ1) is 20.8. The second-order valence-corrected chi connectivity index (χ2v) is 7.60. The fourth-order valence-electron chi connectivity index (χ4n) is 3.58. The molecular formula is C23H30N4O2. The van der Waals surface area contributed by atoms with Crippen LogP contribution in [-0.4, -0.2) is 58.1 Å². The fraction of sp³-hybridized carbons (Fsp3) is 0.435. The molecule has 1 aromatic heterocycles. The van der Waals surface area contributed by atoms with Gasteiger partial charge in [0.05, 0.1) is 11.9 Å². The third-order valence-corrected chi connectivity index (χ3v) is 5.42. The Morgan fingerprint density at radius 3 is 2.62 bits per heavy atom. The second kappa shape index (κ2) is 10.0. The normalized spacial score (nSPS) is 15.0. The zero-order valence-corrected chi connectivity index (χ0v) is 17.3. The minimum atomic E-state index is -0.0114. The smallest absolute Gasteiger partial charge is 0.246 e. The number of likely N-dealkylation sites (tertiary alicyclic amines) is 1. The Morgan fingerprint density at radius 1 is 1.21 bits per heavy atom. The lowest BCUT2D eigenvalue weighted by Crippen LogP contribution is -2.43. The molecule has 0 unspecified atom stereocenters. The lowest BCUT2D eigenvalue weighted by Gasteiger charge is -2.32. The summed E-state index contributed by atoms with van der Waals surface area (Å²) in [6.07, 6.45) is 10.6. The number of para-hydroxylation sites is 1. The Bertz CT molecular complexity index is 836. The number of amides is 2. The van der Waals surface area contributed by atoms with Crippen LogP contribution in [0.1, 0.15) is 38.2 Å². The number of aromatic nitrogens is 2. The van der Waals surface area contributed by atoms with Gasteiger partial charge in [-0.25, -0.2) is 4.68 Å². The van der Waals surface area contributed by atoms with Crippen LogP contribution in [0, 0.1) is 5.92 Å². The Labute approximate surface area is 172 Å². The van der Waals surface area contributed by atoms with Gasteiger partial charge in [-0.05, 0) is 37.5 Å². The molecule has 1 aromatic carbocycles. The van der Waals surface area contributed by atoms with Crippen molar-refractivity contribution in [2.45, 2.75) is 32.6 Å². The van der Waals surface area contributed by atoms with Crippen LogP contribution >= 0.6 is 0 Å². The first-order valence-corrected chi connectivity index (χ1v) is 10.4. The summed E-state index contributed by atoms with van der Waals surface area (Å²) in [5, 5.41) is 4.34. The summed E-state index contributed by atoms with van der Waals surface area (Å²) >= 11 is 0. The topological polar surface area (TPSA) is 58.4 Å². The van der Waals surface area contributed by atoms with Crippen molar-refractivity contribution in [2.24, 2.45) is 5.92 Å². The molecule has 2 aromatic rings. The number of nitrogens with zero attached hydrogens (tertiary/aromatic N) is 4. The van der Waals surface area contributed by atoms with Gasteiger partial charge in [-0.3, -0.25) is 9.59 Å². The third kappa shape index (κ3) is 5.56. The van der Waals surface area contributed by atoms with Crippen molar-refractivity contribution >= 4 is 17.9 Å². The molecule has 1 saturated heterocycles. The molecule has 0 aliphatic carbocycles. The average molecular weight is 395 g/mol. The summed E-state index contributed by atoms with van der Waals surface area (Å²) < 4.78 is 1.79. The molecule has 1 fully saturated rings. The molecule has 2 amide bonds. The van der Waals surface area contributed by atoms with E-state index in [1.165, 1.54) is 0 Å². The zero-order chi connectivity index (χ0) is 20.6. The van der Waals surface area contributed by atoms with Gasteiger partial charge in [0.25, 0.3) is 0 Å². The quantitative estimate of drug-likeness (QED) is 0.677. The SMILES string of the molecule is CCCCN(C)C(=O)C1CCN(C(=O)/C=C/c2cnn(-c3ccccc3)c2)CC1. The number of carbonyl (C=O) groups excluding carboxylic acids is 2. The lowest BCUT2D eigenvalue weighted by atomic mass is 9.95. The predicted octanol–water partition coefficient (Wildman–Crippen LogP) is 3.38. The summed E-state index contributed by atoms with van der Waals surface area (Å²) in [6, 6.07) is 9.86. The predicted molar refractivity (Wildman–Crippen MR) is 114 cm³/mol. The maximum absolute atomic E-state index is 12.5. The molecule has 1 aliphatic heterocycles. The molecule has 0 atom stereocenters. The second-order valence-electron chi connectivity index (χ2n) is 7.60. The lowest BCUT2D eigenvalue weighted by molar-refractivity contribution is -0.138. The van der Waals surface area contributed by atoms with Crippen LogP contribution in [0.3, 0.4) is 0 Å². The minimum absolute atomic E-state index is 0.0114. The van der Waals surface area contributed by atoms with E-state index in [9.17, 15) is 9.59 Å². The number of hydrogen-bond acceptors (Lipinski definition) is 3. The molecule has 0 bridgehead atoms. The van der Waals surface area contributed by atoms with Gasteiger partial charge >= 0.3 is 0 Å². The standard InChI is InChI=1S/C23H30N4O2/c1-3-4-14-25(2)23(29)20-12-15-26(16-13-20)22(28)11-10-19-17-24-27(18-19)21-8-6-5-7-9-21/h5-11,17-18,20H,3-4,12-16H2,1-2H3/b11-10+. The van der Waals surface area contributed by atoms with E-state index in [2.05, 4.69) is 12.0 Å². The Morgan fingerprint density at radius 2 is 1.93 bits per heavy atom. The molecule has 3 rings (SSSR count). The number of benzene rings is 1. The van der Waals surface area contributed by atoms with Crippen molar-refractivity contribution in [1.82, 2.24) is 19.6 Å².